The highest BCUT2D eigenvalue weighted by Crippen LogP contribution is 2.37. The first kappa shape index (κ1) is 13.7. The van der Waals surface area contributed by atoms with E-state index in [1.807, 2.05) is 0 Å². The smallest absolute Gasteiger partial charge is 0.277 e. The second-order valence-corrected chi connectivity index (χ2v) is 4.59. The highest BCUT2D eigenvalue weighted by molar-refractivity contribution is 6.02. The summed E-state index contributed by atoms with van der Waals surface area (Å²) in [6.45, 7) is 0. The van der Waals surface area contributed by atoms with Crippen LogP contribution in [0.15, 0.2) is 36.7 Å². The van der Waals surface area contributed by atoms with E-state index in [-0.39, 0.29) is 16.8 Å². The predicted octanol–water partition coefficient (Wildman–Crippen LogP) is 2.96. The van der Waals surface area contributed by atoms with Crippen LogP contribution in [0.5, 0.6) is 5.75 Å². The second kappa shape index (κ2) is 5.28. The lowest BCUT2D eigenvalue weighted by Gasteiger charge is -2.05. The summed E-state index contributed by atoms with van der Waals surface area (Å²) in [5.74, 6) is 0.527. The number of carbonyl (C=O) groups is 1. The van der Waals surface area contributed by atoms with Crippen molar-refractivity contribution < 1.29 is 14.5 Å². The fourth-order valence-corrected chi connectivity index (χ4v) is 2.40. The van der Waals surface area contributed by atoms with Gasteiger partial charge in [0, 0.05) is 28.8 Å². The van der Waals surface area contributed by atoms with Crippen molar-refractivity contribution in [1.82, 2.24) is 9.97 Å². The maximum atomic E-state index is 11.3. The summed E-state index contributed by atoms with van der Waals surface area (Å²) in [5, 5.41) is 11.9. The number of fused-ring (bicyclic) bond motifs is 1. The van der Waals surface area contributed by atoms with E-state index in [9.17, 15) is 14.9 Å². The van der Waals surface area contributed by atoms with Gasteiger partial charge in [-0.1, -0.05) is 12.1 Å². The highest BCUT2D eigenvalue weighted by atomic mass is 16.6. The Hall–Kier alpha value is -3.22. The minimum Gasteiger partial charge on any atom is -0.495 e. The van der Waals surface area contributed by atoms with Gasteiger partial charge in [-0.25, -0.2) is 4.98 Å². The topological polar surface area (TPSA) is 98.1 Å². The minimum absolute atomic E-state index is 0.131. The largest absolute Gasteiger partial charge is 0.495 e. The molecule has 0 bridgehead atoms. The molecule has 0 saturated heterocycles. The molecule has 0 unspecified atom stereocenters. The van der Waals surface area contributed by atoms with Gasteiger partial charge in [-0.05, 0) is 6.07 Å². The Kier molecular flexibility index (Phi) is 3.30. The number of pyridine rings is 1. The zero-order valence-corrected chi connectivity index (χ0v) is 11.6. The van der Waals surface area contributed by atoms with Crippen LogP contribution in [0, 0.1) is 10.1 Å². The first-order valence-electron chi connectivity index (χ1n) is 6.39. The summed E-state index contributed by atoms with van der Waals surface area (Å²) in [4.78, 5) is 29.2. The van der Waals surface area contributed by atoms with Crippen LogP contribution >= 0.6 is 0 Å². The summed E-state index contributed by atoms with van der Waals surface area (Å²) >= 11 is 0. The van der Waals surface area contributed by atoms with Crippen LogP contribution in [0.3, 0.4) is 0 Å². The Morgan fingerprint density at radius 1 is 1.41 bits per heavy atom. The number of nitrogens with zero attached hydrogens (tertiary/aromatic N) is 2. The molecule has 3 rings (SSSR count). The molecule has 3 aromatic rings. The number of aldehydes is 1. The second-order valence-electron chi connectivity index (χ2n) is 4.59. The number of H-pyrrole nitrogens is 1. The van der Waals surface area contributed by atoms with Crippen LogP contribution in [0.25, 0.3) is 22.2 Å². The fraction of sp³-hybridized carbons (Fsp3) is 0.0667. The third-order valence-corrected chi connectivity index (χ3v) is 3.41. The maximum Gasteiger partial charge on any atom is 0.277 e. The number of hydrogen-bond acceptors (Lipinski definition) is 5. The molecule has 2 aromatic heterocycles. The van der Waals surface area contributed by atoms with Crippen LogP contribution in [0.1, 0.15) is 10.4 Å². The standard InChI is InChI=1S/C15H11N3O4/c1-22-10-5-11-12(7-17-15(11)16-6-10)14-9(8-19)3-2-4-13(14)18(20)21/h2-8H,1H3,(H,16,17). The van der Waals surface area contributed by atoms with Crippen molar-refractivity contribution in [2.45, 2.75) is 0 Å². The Morgan fingerprint density at radius 3 is 2.91 bits per heavy atom. The van der Waals surface area contributed by atoms with Gasteiger partial charge in [-0.15, -0.1) is 0 Å². The molecule has 0 fully saturated rings. The number of ether oxygens (including phenoxy) is 1. The Balaban J connectivity index is 2.36. The first-order valence-corrected chi connectivity index (χ1v) is 6.39. The van der Waals surface area contributed by atoms with Gasteiger partial charge in [0.25, 0.3) is 5.69 Å². The molecule has 0 saturated carbocycles. The SMILES string of the molecule is COc1cnc2[nH]cc(-c3c(C=O)cccc3[N+](=O)[O-])c2c1. The molecule has 0 atom stereocenters. The van der Waals surface area contributed by atoms with Crippen molar-refractivity contribution in [3.63, 3.8) is 0 Å². The molecule has 22 heavy (non-hydrogen) atoms. The average Bonchev–Trinajstić information content (AvgIpc) is 2.96. The summed E-state index contributed by atoms with van der Waals surface area (Å²) in [6, 6.07) is 6.12. The monoisotopic (exact) mass is 297 g/mol. The molecule has 0 amide bonds. The molecule has 7 nitrogen and oxygen atoms in total. The van der Waals surface area contributed by atoms with Crippen LogP contribution in [-0.4, -0.2) is 28.3 Å². The average molecular weight is 297 g/mol. The van der Waals surface area contributed by atoms with Crippen molar-refractivity contribution in [1.29, 1.82) is 0 Å². The zero-order chi connectivity index (χ0) is 15.7. The van der Waals surface area contributed by atoms with Crippen LogP contribution in [0.2, 0.25) is 0 Å². The molecule has 110 valence electrons. The third-order valence-electron chi connectivity index (χ3n) is 3.41. The fourth-order valence-electron chi connectivity index (χ4n) is 2.40. The molecule has 7 heteroatoms. The lowest BCUT2D eigenvalue weighted by molar-refractivity contribution is -0.384. The van der Waals surface area contributed by atoms with Gasteiger partial charge < -0.3 is 9.72 Å². The van der Waals surface area contributed by atoms with Crippen LogP contribution < -0.4 is 4.74 Å². The number of nitro benzene ring substituents is 1. The first-order chi connectivity index (χ1) is 10.7. The minimum atomic E-state index is -0.505. The number of aromatic amines is 1. The third kappa shape index (κ3) is 2.08. The number of nitro groups is 1. The van der Waals surface area contributed by atoms with Crippen molar-refractivity contribution in [2.75, 3.05) is 7.11 Å². The van der Waals surface area contributed by atoms with E-state index < -0.39 is 4.92 Å². The number of benzene rings is 1. The normalized spacial score (nSPS) is 10.6. The van der Waals surface area contributed by atoms with Crippen molar-refractivity contribution in [3.8, 4) is 16.9 Å². The number of nitrogens with one attached hydrogen (secondary N) is 1. The summed E-state index contributed by atoms with van der Waals surface area (Å²) < 4.78 is 5.14. The molecule has 0 aliphatic heterocycles. The van der Waals surface area contributed by atoms with Gasteiger partial charge in [0.1, 0.15) is 11.4 Å². The molecule has 1 N–H and O–H groups in total. The van der Waals surface area contributed by atoms with Gasteiger partial charge in [-0.3, -0.25) is 14.9 Å². The number of rotatable bonds is 4. The number of methoxy groups -OCH3 is 1. The van der Waals surface area contributed by atoms with E-state index in [2.05, 4.69) is 9.97 Å². The molecule has 1 aromatic carbocycles. The number of hydrogen-bond donors (Lipinski definition) is 1. The summed E-state index contributed by atoms with van der Waals surface area (Å²) in [6.07, 6.45) is 3.75. The van der Waals surface area contributed by atoms with E-state index in [1.165, 1.54) is 19.2 Å². The highest BCUT2D eigenvalue weighted by Gasteiger charge is 2.22. The Bertz CT molecular complexity index is 886. The Morgan fingerprint density at radius 2 is 2.23 bits per heavy atom. The van der Waals surface area contributed by atoms with Crippen molar-refractivity contribution in [3.05, 3.63) is 52.3 Å². The van der Waals surface area contributed by atoms with Crippen molar-refractivity contribution in [2.24, 2.45) is 0 Å². The number of aromatic nitrogens is 2. The molecule has 0 aliphatic carbocycles. The van der Waals surface area contributed by atoms with Crippen molar-refractivity contribution >= 4 is 23.0 Å². The zero-order valence-electron chi connectivity index (χ0n) is 11.6. The molecule has 0 radical (unpaired) electrons. The number of carbonyl (C=O) groups excluding carboxylic acids is 1. The van der Waals surface area contributed by atoms with E-state index in [0.29, 0.717) is 28.6 Å². The predicted molar refractivity (Wildman–Crippen MR) is 80.1 cm³/mol. The molecule has 2 heterocycles. The van der Waals surface area contributed by atoms with E-state index >= 15 is 0 Å². The van der Waals surface area contributed by atoms with Gasteiger partial charge >= 0.3 is 0 Å². The van der Waals surface area contributed by atoms with Gasteiger partial charge in [-0.2, -0.15) is 0 Å². The van der Waals surface area contributed by atoms with Crippen LogP contribution in [0.4, 0.5) is 5.69 Å². The Labute approximate surface area is 124 Å². The molecule has 0 aliphatic rings. The molecule has 0 spiro atoms. The van der Waals surface area contributed by atoms with E-state index in [1.54, 1.807) is 24.5 Å². The quantitative estimate of drug-likeness (QED) is 0.453. The summed E-state index contributed by atoms with van der Waals surface area (Å²) in [5.41, 5.74) is 1.48. The van der Waals surface area contributed by atoms with Gasteiger partial charge in [0.05, 0.1) is 23.8 Å². The lowest BCUT2D eigenvalue weighted by atomic mass is 9.98. The van der Waals surface area contributed by atoms with Crippen LogP contribution in [-0.2, 0) is 0 Å². The van der Waals surface area contributed by atoms with E-state index in [0.717, 1.165) is 0 Å². The van der Waals surface area contributed by atoms with Gasteiger partial charge in [0.2, 0.25) is 0 Å². The van der Waals surface area contributed by atoms with Gasteiger partial charge in [0.15, 0.2) is 6.29 Å². The lowest BCUT2D eigenvalue weighted by Crippen LogP contribution is -1.96. The molecular weight excluding hydrogens is 286 g/mol. The van der Waals surface area contributed by atoms with E-state index in [4.69, 9.17) is 4.74 Å². The maximum absolute atomic E-state index is 11.3. The molecular formula is C15H11N3O4. The summed E-state index contributed by atoms with van der Waals surface area (Å²) in [7, 11) is 1.51.